The molecule has 3 heteroatoms. The molecule has 0 bridgehead atoms. The predicted octanol–water partition coefficient (Wildman–Crippen LogP) is 1.91. The fourth-order valence-corrected chi connectivity index (χ4v) is 4.35. The van der Waals surface area contributed by atoms with Gasteiger partial charge in [-0.1, -0.05) is 13.8 Å². The lowest BCUT2D eigenvalue weighted by molar-refractivity contribution is 0.305. The Kier molecular flexibility index (Phi) is 5.10. The van der Waals surface area contributed by atoms with Crippen LogP contribution in [-0.4, -0.2) is 21.8 Å². The van der Waals surface area contributed by atoms with Crippen molar-refractivity contribution in [2.45, 2.75) is 44.8 Å². The molecule has 1 rings (SSSR count). The summed E-state index contributed by atoms with van der Waals surface area (Å²) in [5.41, 5.74) is 5.43. The van der Waals surface area contributed by atoms with Crippen LogP contribution in [0.2, 0.25) is 0 Å². The van der Waals surface area contributed by atoms with Crippen LogP contribution in [0.5, 0.6) is 0 Å². The molecule has 0 amide bonds. The van der Waals surface area contributed by atoms with Gasteiger partial charge in [0.1, 0.15) is 0 Å². The van der Waals surface area contributed by atoms with Gasteiger partial charge >= 0.3 is 0 Å². The minimum atomic E-state index is -0.628. The number of hydrogen-bond donors (Lipinski definition) is 1. The van der Waals surface area contributed by atoms with E-state index in [2.05, 4.69) is 13.8 Å². The lowest BCUT2D eigenvalue weighted by Gasteiger charge is -2.30. The fourth-order valence-electron chi connectivity index (χ4n) is 2.48. The van der Waals surface area contributed by atoms with Crippen molar-refractivity contribution in [1.29, 1.82) is 0 Å². The standard InChI is InChI=1S/C11H23NOS/c1-9-6-10(2)8-11(7-9)14(13)5-3-4-12/h9-11H,3-8,12H2,1-2H3. The third-order valence-electron chi connectivity index (χ3n) is 3.06. The zero-order valence-corrected chi connectivity index (χ0v) is 10.2. The van der Waals surface area contributed by atoms with Crippen molar-refractivity contribution in [2.75, 3.05) is 12.3 Å². The first kappa shape index (κ1) is 12.2. The van der Waals surface area contributed by atoms with Crippen LogP contribution in [0.1, 0.15) is 39.5 Å². The van der Waals surface area contributed by atoms with E-state index in [9.17, 15) is 4.21 Å². The topological polar surface area (TPSA) is 43.1 Å². The minimum absolute atomic E-state index is 0.445. The molecule has 0 spiro atoms. The normalized spacial score (nSPS) is 35.5. The van der Waals surface area contributed by atoms with Gasteiger partial charge in [-0.05, 0) is 44.1 Å². The van der Waals surface area contributed by atoms with Crippen LogP contribution < -0.4 is 5.73 Å². The van der Waals surface area contributed by atoms with Crippen LogP contribution in [0.4, 0.5) is 0 Å². The van der Waals surface area contributed by atoms with Gasteiger partial charge < -0.3 is 5.73 Å². The van der Waals surface area contributed by atoms with Crippen molar-refractivity contribution >= 4 is 10.8 Å². The van der Waals surface area contributed by atoms with Crippen LogP contribution in [0, 0.1) is 11.8 Å². The van der Waals surface area contributed by atoms with E-state index >= 15 is 0 Å². The molecule has 1 aliphatic rings. The molecule has 0 saturated heterocycles. The molecule has 3 unspecified atom stereocenters. The van der Waals surface area contributed by atoms with Gasteiger partial charge in [0.2, 0.25) is 0 Å². The SMILES string of the molecule is CC1CC(C)CC(S(=O)CCCN)C1. The van der Waals surface area contributed by atoms with Gasteiger partial charge in [0, 0.05) is 21.8 Å². The molecule has 3 atom stereocenters. The lowest BCUT2D eigenvalue weighted by Crippen LogP contribution is -2.29. The summed E-state index contributed by atoms with van der Waals surface area (Å²) >= 11 is 0. The zero-order valence-electron chi connectivity index (χ0n) is 9.37. The van der Waals surface area contributed by atoms with Crippen molar-refractivity contribution in [2.24, 2.45) is 17.6 Å². The Balaban J connectivity index is 2.38. The average molecular weight is 217 g/mol. The Morgan fingerprint density at radius 2 is 1.79 bits per heavy atom. The molecule has 1 saturated carbocycles. The maximum Gasteiger partial charge on any atom is 0.0353 e. The molecular weight excluding hydrogens is 194 g/mol. The van der Waals surface area contributed by atoms with E-state index in [0.717, 1.165) is 36.9 Å². The molecule has 0 aromatic heterocycles. The minimum Gasteiger partial charge on any atom is -0.330 e. The third kappa shape index (κ3) is 3.70. The molecule has 1 fully saturated rings. The second kappa shape index (κ2) is 5.86. The molecule has 0 aromatic carbocycles. The molecule has 0 aromatic rings. The first-order valence-electron chi connectivity index (χ1n) is 5.70. The average Bonchev–Trinajstić information content (AvgIpc) is 2.12. The highest BCUT2D eigenvalue weighted by atomic mass is 32.2. The summed E-state index contributed by atoms with van der Waals surface area (Å²) in [6.45, 7) is 5.23. The third-order valence-corrected chi connectivity index (χ3v) is 4.88. The first-order valence-corrected chi connectivity index (χ1v) is 7.09. The zero-order chi connectivity index (χ0) is 10.6. The summed E-state index contributed by atoms with van der Waals surface area (Å²) in [5.74, 6) is 2.32. The van der Waals surface area contributed by atoms with E-state index in [1.54, 1.807) is 0 Å². The highest BCUT2D eigenvalue weighted by Crippen LogP contribution is 2.31. The fraction of sp³-hybridized carbons (Fsp3) is 1.00. The van der Waals surface area contributed by atoms with Crippen LogP contribution in [-0.2, 0) is 10.8 Å². The first-order chi connectivity index (χ1) is 6.63. The number of nitrogens with two attached hydrogens (primary N) is 1. The van der Waals surface area contributed by atoms with Crippen LogP contribution in [0.25, 0.3) is 0 Å². The maximum absolute atomic E-state index is 11.9. The van der Waals surface area contributed by atoms with E-state index in [-0.39, 0.29) is 0 Å². The largest absolute Gasteiger partial charge is 0.330 e. The van der Waals surface area contributed by atoms with E-state index < -0.39 is 10.8 Å². The summed E-state index contributed by atoms with van der Waals surface area (Å²) in [7, 11) is -0.628. The van der Waals surface area contributed by atoms with Crippen LogP contribution >= 0.6 is 0 Å². The summed E-state index contributed by atoms with van der Waals surface area (Å²) in [5, 5.41) is 0.445. The Hall–Kier alpha value is 0.110. The molecule has 0 aliphatic heterocycles. The number of rotatable bonds is 4. The Labute approximate surface area is 90.1 Å². The van der Waals surface area contributed by atoms with Crippen LogP contribution in [0.15, 0.2) is 0 Å². The summed E-state index contributed by atoms with van der Waals surface area (Å²) in [6.07, 6.45) is 4.53. The maximum atomic E-state index is 11.9. The van der Waals surface area contributed by atoms with Crippen molar-refractivity contribution in [3.05, 3.63) is 0 Å². The molecule has 0 radical (unpaired) electrons. The molecule has 0 heterocycles. The molecule has 2 nitrogen and oxygen atoms in total. The Morgan fingerprint density at radius 1 is 1.21 bits per heavy atom. The quantitative estimate of drug-likeness (QED) is 0.781. The van der Waals surface area contributed by atoms with Gasteiger partial charge in [0.05, 0.1) is 0 Å². The van der Waals surface area contributed by atoms with Gasteiger partial charge in [-0.3, -0.25) is 4.21 Å². The highest BCUT2D eigenvalue weighted by Gasteiger charge is 2.27. The van der Waals surface area contributed by atoms with Crippen molar-refractivity contribution < 1.29 is 4.21 Å². The number of hydrogen-bond acceptors (Lipinski definition) is 2. The predicted molar refractivity (Wildman–Crippen MR) is 62.6 cm³/mol. The summed E-state index contributed by atoms with van der Waals surface area (Å²) in [6, 6.07) is 0. The van der Waals surface area contributed by atoms with E-state index in [1.165, 1.54) is 6.42 Å². The van der Waals surface area contributed by atoms with Gasteiger partial charge in [0.25, 0.3) is 0 Å². The van der Waals surface area contributed by atoms with Crippen LogP contribution in [0.3, 0.4) is 0 Å². The van der Waals surface area contributed by atoms with Gasteiger partial charge in [-0.15, -0.1) is 0 Å². The van der Waals surface area contributed by atoms with E-state index in [0.29, 0.717) is 11.8 Å². The second-order valence-electron chi connectivity index (χ2n) is 4.77. The molecule has 1 aliphatic carbocycles. The highest BCUT2D eigenvalue weighted by molar-refractivity contribution is 7.85. The van der Waals surface area contributed by atoms with Gasteiger partial charge in [-0.2, -0.15) is 0 Å². The Morgan fingerprint density at radius 3 is 2.29 bits per heavy atom. The van der Waals surface area contributed by atoms with E-state index in [4.69, 9.17) is 5.73 Å². The second-order valence-corrected chi connectivity index (χ2v) is 6.60. The van der Waals surface area contributed by atoms with Crippen molar-refractivity contribution in [3.8, 4) is 0 Å². The molecule has 2 N–H and O–H groups in total. The molecule has 84 valence electrons. The molecule has 14 heavy (non-hydrogen) atoms. The summed E-state index contributed by atoms with van der Waals surface area (Å²) < 4.78 is 11.9. The Bertz CT molecular complexity index is 186. The van der Waals surface area contributed by atoms with Gasteiger partial charge in [-0.25, -0.2) is 0 Å². The summed E-state index contributed by atoms with van der Waals surface area (Å²) in [4.78, 5) is 0. The van der Waals surface area contributed by atoms with Crippen molar-refractivity contribution in [1.82, 2.24) is 0 Å². The van der Waals surface area contributed by atoms with E-state index in [1.807, 2.05) is 0 Å². The van der Waals surface area contributed by atoms with Crippen molar-refractivity contribution in [3.63, 3.8) is 0 Å². The monoisotopic (exact) mass is 217 g/mol. The van der Waals surface area contributed by atoms with Gasteiger partial charge in [0.15, 0.2) is 0 Å². The molecular formula is C11H23NOS. The lowest BCUT2D eigenvalue weighted by atomic mass is 9.83. The smallest absolute Gasteiger partial charge is 0.0353 e.